The minimum absolute atomic E-state index is 0.00553. The van der Waals surface area contributed by atoms with E-state index in [2.05, 4.69) is 5.32 Å². The fourth-order valence-electron chi connectivity index (χ4n) is 3.52. The molecule has 0 unspecified atom stereocenters. The molecule has 2 amide bonds. The highest BCUT2D eigenvalue weighted by molar-refractivity contribution is 5.91. The van der Waals surface area contributed by atoms with Crippen LogP contribution in [0.15, 0.2) is 47.1 Å². The molecule has 1 fully saturated rings. The third kappa shape index (κ3) is 5.42. The zero-order valence-corrected chi connectivity index (χ0v) is 15.3. The standard InChI is InChI=1S/C21H25FN2O3/c22-17-10-8-16(9-11-17)15-24(18-5-2-1-3-6-18)20(25)12-13-23-21(26)19-7-4-14-27-19/h4,7-11,14,18H,1-3,5-6,12-13,15H2,(H,23,26). The van der Waals surface area contributed by atoms with Gasteiger partial charge in [0, 0.05) is 25.6 Å². The number of nitrogens with zero attached hydrogens (tertiary/aromatic N) is 1. The summed E-state index contributed by atoms with van der Waals surface area (Å²) in [4.78, 5) is 26.7. The maximum atomic E-state index is 13.2. The number of furan rings is 1. The first-order valence-electron chi connectivity index (χ1n) is 9.49. The van der Waals surface area contributed by atoms with Crippen molar-refractivity contribution in [1.82, 2.24) is 10.2 Å². The maximum absolute atomic E-state index is 13.2. The van der Waals surface area contributed by atoms with Gasteiger partial charge in [-0.05, 0) is 42.7 Å². The van der Waals surface area contributed by atoms with Gasteiger partial charge in [0.2, 0.25) is 5.91 Å². The predicted molar refractivity (Wildman–Crippen MR) is 99.5 cm³/mol. The Hall–Kier alpha value is -2.63. The second-order valence-electron chi connectivity index (χ2n) is 6.92. The molecule has 0 atom stereocenters. The van der Waals surface area contributed by atoms with Crippen LogP contribution in [-0.4, -0.2) is 29.3 Å². The van der Waals surface area contributed by atoms with Crippen LogP contribution in [0.25, 0.3) is 0 Å². The number of carbonyl (C=O) groups is 2. The smallest absolute Gasteiger partial charge is 0.286 e. The molecule has 144 valence electrons. The Morgan fingerprint density at radius 1 is 1.11 bits per heavy atom. The average Bonchev–Trinajstić information content (AvgIpc) is 3.23. The predicted octanol–water partition coefficient (Wildman–Crippen LogP) is 3.90. The van der Waals surface area contributed by atoms with Crippen LogP contribution in [0, 0.1) is 5.82 Å². The van der Waals surface area contributed by atoms with Crippen LogP contribution in [0.4, 0.5) is 4.39 Å². The van der Waals surface area contributed by atoms with Gasteiger partial charge >= 0.3 is 0 Å². The van der Waals surface area contributed by atoms with Gasteiger partial charge in [-0.15, -0.1) is 0 Å². The van der Waals surface area contributed by atoms with E-state index in [1.807, 2.05) is 4.90 Å². The Morgan fingerprint density at radius 3 is 2.52 bits per heavy atom. The highest BCUT2D eigenvalue weighted by Gasteiger charge is 2.25. The van der Waals surface area contributed by atoms with Crippen LogP contribution in [0.3, 0.4) is 0 Å². The largest absolute Gasteiger partial charge is 0.459 e. The number of benzene rings is 1. The Kier molecular flexibility index (Phi) is 6.63. The molecule has 0 aliphatic heterocycles. The molecule has 0 radical (unpaired) electrons. The number of hydrogen-bond acceptors (Lipinski definition) is 3. The van der Waals surface area contributed by atoms with E-state index in [0.717, 1.165) is 31.2 Å². The highest BCUT2D eigenvalue weighted by atomic mass is 19.1. The number of carbonyl (C=O) groups excluding carboxylic acids is 2. The van der Waals surface area contributed by atoms with E-state index in [4.69, 9.17) is 4.42 Å². The van der Waals surface area contributed by atoms with Crippen molar-refractivity contribution in [2.45, 2.75) is 51.1 Å². The van der Waals surface area contributed by atoms with Crippen LogP contribution in [0.1, 0.15) is 54.6 Å². The molecule has 1 aliphatic carbocycles. The fraction of sp³-hybridized carbons (Fsp3) is 0.429. The molecule has 6 heteroatoms. The highest BCUT2D eigenvalue weighted by Crippen LogP contribution is 2.25. The molecule has 0 spiro atoms. The van der Waals surface area contributed by atoms with Gasteiger partial charge in [0.05, 0.1) is 6.26 Å². The van der Waals surface area contributed by atoms with Crippen molar-refractivity contribution in [2.75, 3.05) is 6.54 Å². The van der Waals surface area contributed by atoms with E-state index in [1.165, 1.54) is 24.8 Å². The minimum Gasteiger partial charge on any atom is -0.459 e. The van der Waals surface area contributed by atoms with Gasteiger partial charge < -0.3 is 14.6 Å². The van der Waals surface area contributed by atoms with Gasteiger partial charge in [-0.3, -0.25) is 9.59 Å². The number of amides is 2. The normalized spacial score (nSPS) is 14.7. The van der Waals surface area contributed by atoms with Crippen LogP contribution < -0.4 is 5.32 Å². The van der Waals surface area contributed by atoms with Crippen molar-refractivity contribution >= 4 is 11.8 Å². The van der Waals surface area contributed by atoms with E-state index in [1.54, 1.807) is 24.3 Å². The number of halogens is 1. The van der Waals surface area contributed by atoms with Gasteiger partial charge in [0.1, 0.15) is 5.82 Å². The lowest BCUT2D eigenvalue weighted by Crippen LogP contribution is -2.42. The molecule has 1 aromatic heterocycles. The second kappa shape index (κ2) is 9.35. The third-order valence-corrected chi connectivity index (χ3v) is 4.97. The minimum atomic E-state index is -0.324. The Labute approximate surface area is 158 Å². The first-order valence-corrected chi connectivity index (χ1v) is 9.49. The lowest BCUT2D eigenvalue weighted by Gasteiger charge is -2.34. The molecule has 0 saturated heterocycles. The molecule has 1 N–H and O–H groups in total. The maximum Gasteiger partial charge on any atom is 0.286 e. The van der Waals surface area contributed by atoms with Gasteiger partial charge in [0.15, 0.2) is 5.76 Å². The molecule has 3 rings (SSSR count). The summed E-state index contributed by atoms with van der Waals surface area (Å²) < 4.78 is 18.2. The Morgan fingerprint density at radius 2 is 1.85 bits per heavy atom. The van der Waals surface area contributed by atoms with Crippen LogP contribution in [-0.2, 0) is 11.3 Å². The summed E-state index contributed by atoms with van der Waals surface area (Å²) in [6.45, 7) is 0.723. The summed E-state index contributed by atoms with van der Waals surface area (Å²) in [5, 5.41) is 2.72. The van der Waals surface area contributed by atoms with Crippen LogP contribution in [0.2, 0.25) is 0 Å². The zero-order valence-electron chi connectivity index (χ0n) is 15.3. The molecular weight excluding hydrogens is 347 g/mol. The molecule has 1 saturated carbocycles. The Balaban J connectivity index is 1.59. The molecule has 1 aromatic carbocycles. The summed E-state index contributed by atoms with van der Waals surface area (Å²) >= 11 is 0. The van der Waals surface area contributed by atoms with Crippen molar-refractivity contribution < 1.29 is 18.4 Å². The number of nitrogens with one attached hydrogen (secondary N) is 1. The van der Waals surface area contributed by atoms with E-state index < -0.39 is 0 Å². The summed E-state index contributed by atoms with van der Waals surface area (Å²) in [5.74, 6) is -0.366. The molecule has 2 aromatic rings. The van der Waals surface area contributed by atoms with Crippen molar-refractivity contribution in [1.29, 1.82) is 0 Å². The van der Waals surface area contributed by atoms with Gasteiger partial charge in [-0.2, -0.15) is 0 Å². The topological polar surface area (TPSA) is 62.6 Å². The van der Waals surface area contributed by atoms with E-state index in [0.29, 0.717) is 6.54 Å². The van der Waals surface area contributed by atoms with Crippen molar-refractivity contribution in [3.05, 3.63) is 59.8 Å². The summed E-state index contributed by atoms with van der Waals surface area (Å²) in [7, 11) is 0. The first-order chi connectivity index (χ1) is 13.1. The van der Waals surface area contributed by atoms with Gasteiger partial charge in [0.25, 0.3) is 5.91 Å². The second-order valence-corrected chi connectivity index (χ2v) is 6.92. The van der Waals surface area contributed by atoms with Crippen molar-refractivity contribution in [3.8, 4) is 0 Å². The number of rotatable bonds is 7. The number of hydrogen-bond donors (Lipinski definition) is 1. The third-order valence-electron chi connectivity index (χ3n) is 4.97. The molecule has 1 aliphatic rings. The van der Waals surface area contributed by atoms with Gasteiger partial charge in [-0.1, -0.05) is 31.4 Å². The van der Waals surface area contributed by atoms with E-state index in [-0.39, 0.29) is 42.4 Å². The zero-order chi connectivity index (χ0) is 19.1. The molecular formula is C21H25FN2O3. The van der Waals surface area contributed by atoms with Gasteiger partial charge in [-0.25, -0.2) is 4.39 Å². The molecule has 5 nitrogen and oxygen atoms in total. The summed E-state index contributed by atoms with van der Waals surface area (Å²) in [5.41, 5.74) is 0.912. The van der Waals surface area contributed by atoms with Crippen molar-refractivity contribution in [3.63, 3.8) is 0 Å². The fourth-order valence-corrected chi connectivity index (χ4v) is 3.52. The summed E-state index contributed by atoms with van der Waals surface area (Å²) in [6, 6.07) is 9.71. The van der Waals surface area contributed by atoms with Crippen LogP contribution >= 0.6 is 0 Å². The monoisotopic (exact) mass is 372 g/mol. The first kappa shape index (κ1) is 19.1. The molecule has 0 bridgehead atoms. The molecule has 27 heavy (non-hydrogen) atoms. The molecule has 1 heterocycles. The summed E-state index contributed by atoms with van der Waals surface area (Å²) in [6.07, 6.45) is 7.09. The lowest BCUT2D eigenvalue weighted by molar-refractivity contribution is -0.134. The van der Waals surface area contributed by atoms with E-state index >= 15 is 0 Å². The lowest BCUT2D eigenvalue weighted by atomic mass is 9.93. The van der Waals surface area contributed by atoms with Crippen LogP contribution in [0.5, 0.6) is 0 Å². The quantitative estimate of drug-likeness (QED) is 0.802. The van der Waals surface area contributed by atoms with E-state index in [9.17, 15) is 14.0 Å². The van der Waals surface area contributed by atoms with Crippen molar-refractivity contribution in [2.24, 2.45) is 0 Å². The SMILES string of the molecule is O=C(NCCC(=O)N(Cc1ccc(F)cc1)C1CCCCC1)c1ccco1. The Bertz CT molecular complexity index is 737. The average molecular weight is 372 g/mol.